The Morgan fingerprint density at radius 2 is 2.04 bits per heavy atom. The summed E-state index contributed by atoms with van der Waals surface area (Å²) < 4.78 is 7.21. The summed E-state index contributed by atoms with van der Waals surface area (Å²) in [4.78, 5) is 14.8. The molecule has 7 heteroatoms. The highest BCUT2D eigenvalue weighted by Gasteiger charge is 2.22. The summed E-state index contributed by atoms with van der Waals surface area (Å²) in [7, 11) is 1.85. The van der Waals surface area contributed by atoms with E-state index in [-0.39, 0.29) is 5.56 Å². The number of rotatable bonds is 3. The first kappa shape index (κ1) is 14.8. The molecule has 24 heavy (non-hydrogen) atoms. The van der Waals surface area contributed by atoms with Crippen LogP contribution in [-0.2, 0) is 7.05 Å². The Bertz CT molecular complexity index is 1070. The number of aromatic nitrogens is 4. The van der Waals surface area contributed by atoms with Crippen LogP contribution in [0.4, 0.5) is 0 Å². The minimum Gasteiger partial charge on any atom is -0.461 e. The molecule has 0 saturated heterocycles. The van der Waals surface area contributed by atoms with Crippen LogP contribution >= 0.6 is 12.6 Å². The SMILES string of the molecule is Cn1c(-c2ccco2)nnc1C(S)c1cc(=O)[nH]c2ccccc12. The van der Waals surface area contributed by atoms with Gasteiger partial charge in [-0.1, -0.05) is 18.2 Å². The number of furan rings is 1. The van der Waals surface area contributed by atoms with Gasteiger partial charge in [0.25, 0.3) is 0 Å². The van der Waals surface area contributed by atoms with E-state index in [0.717, 1.165) is 16.5 Å². The fraction of sp³-hybridized carbons (Fsp3) is 0.118. The number of aromatic amines is 1. The lowest BCUT2D eigenvalue weighted by Crippen LogP contribution is -2.10. The molecule has 0 radical (unpaired) electrons. The van der Waals surface area contributed by atoms with Crippen molar-refractivity contribution in [2.75, 3.05) is 0 Å². The highest BCUT2D eigenvalue weighted by atomic mass is 32.1. The average Bonchev–Trinajstić information content (AvgIpc) is 3.22. The fourth-order valence-corrected chi connectivity index (χ4v) is 3.24. The van der Waals surface area contributed by atoms with E-state index in [2.05, 4.69) is 15.2 Å². The Balaban J connectivity index is 1.86. The van der Waals surface area contributed by atoms with E-state index < -0.39 is 5.25 Å². The molecule has 1 atom stereocenters. The van der Waals surface area contributed by atoms with Crippen LogP contribution in [0.2, 0.25) is 0 Å². The monoisotopic (exact) mass is 338 g/mol. The third-order valence-electron chi connectivity index (χ3n) is 3.97. The summed E-state index contributed by atoms with van der Waals surface area (Å²) in [6.45, 7) is 0. The lowest BCUT2D eigenvalue weighted by molar-refractivity contribution is 0.573. The third kappa shape index (κ3) is 2.33. The molecular formula is C17H14N4O2S. The first-order valence-corrected chi connectivity index (χ1v) is 7.90. The van der Waals surface area contributed by atoms with Crippen molar-refractivity contribution in [3.8, 4) is 11.6 Å². The van der Waals surface area contributed by atoms with Gasteiger partial charge in [0.1, 0.15) is 0 Å². The number of nitrogens with zero attached hydrogens (tertiary/aromatic N) is 3. The van der Waals surface area contributed by atoms with Gasteiger partial charge in [-0.3, -0.25) is 4.79 Å². The summed E-state index contributed by atoms with van der Waals surface area (Å²) in [5, 5.41) is 8.98. The van der Waals surface area contributed by atoms with Crippen LogP contribution in [-0.4, -0.2) is 19.7 Å². The molecule has 3 aromatic heterocycles. The van der Waals surface area contributed by atoms with E-state index >= 15 is 0 Å². The second-order valence-corrected chi connectivity index (χ2v) is 5.97. The summed E-state index contributed by atoms with van der Waals surface area (Å²) in [5.74, 6) is 1.89. The van der Waals surface area contributed by atoms with Crippen LogP contribution in [0.1, 0.15) is 16.6 Å². The quantitative estimate of drug-likeness (QED) is 0.563. The van der Waals surface area contributed by atoms with Crippen LogP contribution in [0, 0.1) is 0 Å². The first-order valence-electron chi connectivity index (χ1n) is 7.38. The van der Waals surface area contributed by atoms with E-state index in [1.165, 1.54) is 0 Å². The van der Waals surface area contributed by atoms with Gasteiger partial charge in [0.15, 0.2) is 17.4 Å². The highest BCUT2D eigenvalue weighted by Crippen LogP contribution is 2.32. The highest BCUT2D eigenvalue weighted by molar-refractivity contribution is 7.80. The zero-order valence-electron chi connectivity index (χ0n) is 12.8. The van der Waals surface area contributed by atoms with Gasteiger partial charge < -0.3 is 14.0 Å². The molecule has 1 N–H and O–H groups in total. The summed E-state index contributed by atoms with van der Waals surface area (Å²) in [6, 6.07) is 12.8. The maximum Gasteiger partial charge on any atom is 0.248 e. The first-order chi connectivity index (χ1) is 11.6. The van der Waals surface area contributed by atoms with Gasteiger partial charge >= 0.3 is 0 Å². The molecule has 0 fully saturated rings. The van der Waals surface area contributed by atoms with Crippen molar-refractivity contribution in [3.63, 3.8) is 0 Å². The van der Waals surface area contributed by atoms with Crippen molar-refractivity contribution < 1.29 is 4.42 Å². The van der Waals surface area contributed by atoms with Gasteiger partial charge in [0.05, 0.1) is 11.5 Å². The standard InChI is InChI=1S/C17H14N4O2S/c1-21-16(13-7-4-8-23-13)19-20-17(21)15(24)11-9-14(22)18-12-6-3-2-5-10(11)12/h2-9,15,24H,1H3,(H,18,22). The second-order valence-electron chi connectivity index (χ2n) is 5.46. The number of fused-ring (bicyclic) bond motifs is 1. The van der Waals surface area contributed by atoms with Crippen LogP contribution in [0.25, 0.3) is 22.5 Å². The predicted molar refractivity (Wildman–Crippen MR) is 94.1 cm³/mol. The van der Waals surface area contributed by atoms with Crippen molar-refractivity contribution in [1.82, 2.24) is 19.7 Å². The maximum absolute atomic E-state index is 12.0. The Morgan fingerprint density at radius 3 is 2.83 bits per heavy atom. The summed E-state index contributed by atoms with van der Waals surface area (Å²) >= 11 is 4.71. The summed E-state index contributed by atoms with van der Waals surface area (Å²) in [6.07, 6.45) is 1.59. The molecule has 4 rings (SSSR count). The van der Waals surface area contributed by atoms with Gasteiger partial charge in [-0.2, -0.15) is 12.6 Å². The van der Waals surface area contributed by atoms with Crippen LogP contribution in [0.3, 0.4) is 0 Å². The third-order valence-corrected chi connectivity index (χ3v) is 4.48. The van der Waals surface area contributed by atoms with Crippen molar-refractivity contribution in [2.45, 2.75) is 5.25 Å². The van der Waals surface area contributed by atoms with Crippen LogP contribution < -0.4 is 5.56 Å². The van der Waals surface area contributed by atoms with E-state index in [4.69, 9.17) is 17.0 Å². The molecule has 0 aliphatic carbocycles. The largest absolute Gasteiger partial charge is 0.461 e. The molecule has 120 valence electrons. The number of nitrogens with one attached hydrogen (secondary N) is 1. The fourth-order valence-electron chi connectivity index (χ4n) is 2.80. The molecule has 0 aliphatic heterocycles. The second kappa shape index (κ2) is 5.68. The number of para-hydroxylation sites is 1. The van der Waals surface area contributed by atoms with Crippen molar-refractivity contribution >= 4 is 23.5 Å². The minimum atomic E-state index is -0.390. The number of H-pyrrole nitrogens is 1. The van der Waals surface area contributed by atoms with Crippen LogP contribution in [0.5, 0.6) is 0 Å². The molecule has 3 heterocycles. The maximum atomic E-state index is 12.0. The Labute approximate surface area is 142 Å². The molecule has 1 aromatic carbocycles. The lowest BCUT2D eigenvalue weighted by atomic mass is 10.1. The minimum absolute atomic E-state index is 0.170. The molecule has 0 bridgehead atoms. The normalized spacial score (nSPS) is 12.6. The van der Waals surface area contributed by atoms with Crippen LogP contribution in [0.15, 0.2) is 57.9 Å². The van der Waals surface area contributed by atoms with Crippen molar-refractivity contribution in [3.05, 3.63) is 70.5 Å². The molecule has 0 aliphatic rings. The molecule has 6 nitrogen and oxygen atoms in total. The van der Waals surface area contributed by atoms with E-state index in [9.17, 15) is 4.79 Å². The Morgan fingerprint density at radius 1 is 1.21 bits per heavy atom. The van der Waals surface area contributed by atoms with E-state index in [1.807, 2.05) is 41.9 Å². The number of hydrogen-bond acceptors (Lipinski definition) is 5. The lowest BCUT2D eigenvalue weighted by Gasteiger charge is -2.13. The molecule has 1 unspecified atom stereocenters. The van der Waals surface area contributed by atoms with Gasteiger partial charge in [-0.05, 0) is 23.8 Å². The van der Waals surface area contributed by atoms with Gasteiger partial charge in [0, 0.05) is 24.0 Å². The van der Waals surface area contributed by atoms with Gasteiger partial charge in [-0.15, -0.1) is 10.2 Å². The van der Waals surface area contributed by atoms with Crippen molar-refractivity contribution in [1.29, 1.82) is 0 Å². The topological polar surface area (TPSA) is 76.7 Å². The average molecular weight is 338 g/mol. The predicted octanol–water partition coefficient (Wildman–Crippen LogP) is 2.94. The van der Waals surface area contributed by atoms with Gasteiger partial charge in [0.2, 0.25) is 5.56 Å². The number of benzene rings is 1. The summed E-state index contributed by atoms with van der Waals surface area (Å²) in [5.41, 5.74) is 1.39. The van der Waals surface area contributed by atoms with Gasteiger partial charge in [-0.25, -0.2) is 0 Å². The molecular weight excluding hydrogens is 324 g/mol. The van der Waals surface area contributed by atoms with E-state index in [0.29, 0.717) is 17.4 Å². The molecule has 4 aromatic rings. The number of thiol groups is 1. The molecule has 0 amide bonds. The van der Waals surface area contributed by atoms with E-state index in [1.54, 1.807) is 18.4 Å². The number of pyridine rings is 1. The smallest absolute Gasteiger partial charge is 0.248 e. The molecule has 0 saturated carbocycles. The molecule has 0 spiro atoms. The Hall–Kier alpha value is -2.80. The Kier molecular flexibility index (Phi) is 3.50. The zero-order valence-corrected chi connectivity index (χ0v) is 13.7. The van der Waals surface area contributed by atoms with Crippen molar-refractivity contribution in [2.24, 2.45) is 7.05 Å². The zero-order chi connectivity index (χ0) is 16.7. The number of hydrogen-bond donors (Lipinski definition) is 2.